The number of nitrogens with one attached hydrogen (secondary N) is 1. The molecule has 2 rings (SSSR count). The third-order valence-corrected chi connectivity index (χ3v) is 4.09. The number of nitrogens with zero attached hydrogens (tertiary/aromatic N) is 2. The molecular formula is C12H22N4S. The molecule has 1 aromatic rings. The molecule has 96 valence electrons. The molecule has 17 heavy (non-hydrogen) atoms. The Balaban J connectivity index is 1.73. The van der Waals surface area contributed by atoms with Crippen molar-refractivity contribution in [2.45, 2.75) is 51.5 Å². The Morgan fingerprint density at radius 3 is 2.82 bits per heavy atom. The first-order chi connectivity index (χ1) is 8.28. The Kier molecular flexibility index (Phi) is 4.74. The topological polar surface area (TPSA) is 63.8 Å². The van der Waals surface area contributed by atoms with Gasteiger partial charge in [-0.2, -0.15) is 4.37 Å². The van der Waals surface area contributed by atoms with Gasteiger partial charge in [0.25, 0.3) is 0 Å². The van der Waals surface area contributed by atoms with Crippen LogP contribution in [0.2, 0.25) is 0 Å². The summed E-state index contributed by atoms with van der Waals surface area (Å²) >= 11 is 1.48. The van der Waals surface area contributed by atoms with Gasteiger partial charge in [0.05, 0.1) is 0 Å². The quantitative estimate of drug-likeness (QED) is 0.847. The molecule has 3 N–H and O–H groups in total. The van der Waals surface area contributed by atoms with E-state index in [0.29, 0.717) is 6.04 Å². The molecule has 0 aliphatic heterocycles. The fraction of sp³-hybridized carbons (Fsp3) is 0.833. The van der Waals surface area contributed by atoms with Crippen molar-refractivity contribution in [2.24, 2.45) is 11.7 Å². The van der Waals surface area contributed by atoms with E-state index in [1.165, 1.54) is 37.2 Å². The van der Waals surface area contributed by atoms with Crippen molar-refractivity contribution in [1.82, 2.24) is 9.36 Å². The van der Waals surface area contributed by atoms with Crippen molar-refractivity contribution in [3.8, 4) is 0 Å². The zero-order valence-corrected chi connectivity index (χ0v) is 11.3. The van der Waals surface area contributed by atoms with Crippen molar-refractivity contribution in [2.75, 3.05) is 11.9 Å². The van der Waals surface area contributed by atoms with Gasteiger partial charge in [-0.3, -0.25) is 0 Å². The average molecular weight is 254 g/mol. The van der Waals surface area contributed by atoms with Gasteiger partial charge in [0.15, 0.2) is 0 Å². The molecule has 0 saturated heterocycles. The second-order valence-electron chi connectivity index (χ2n) is 4.93. The number of anilines is 1. The minimum Gasteiger partial charge on any atom is -0.360 e. The summed E-state index contributed by atoms with van der Waals surface area (Å²) < 4.78 is 4.33. The lowest BCUT2D eigenvalue weighted by atomic mass is 9.86. The van der Waals surface area contributed by atoms with Crippen molar-refractivity contribution in [1.29, 1.82) is 0 Å². The Labute approximate surface area is 107 Å². The number of nitrogens with two attached hydrogens (primary N) is 1. The van der Waals surface area contributed by atoms with Gasteiger partial charge in [0.1, 0.15) is 5.82 Å². The molecule has 0 aromatic carbocycles. The number of rotatable bonds is 5. The van der Waals surface area contributed by atoms with Crippen LogP contribution < -0.4 is 11.1 Å². The van der Waals surface area contributed by atoms with Gasteiger partial charge >= 0.3 is 0 Å². The van der Waals surface area contributed by atoms with Crippen LogP contribution in [0.3, 0.4) is 0 Å². The SMILES string of the molecule is CCCc1nsc(NCC2CCC(N)CC2)n1. The molecule has 1 saturated carbocycles. The van der Waals surface area contributed by atoms with E-state index in [-0.39, 0.29) is 0 Å². The van der Waals surface area contributed by atoms with E-state index in [1.807, 2.05) is 0 Å². The molecule has 1 heterocycles. The van der Waals surface area contributed by atoms with Gasteiger partial charge in [0, 0.05) is 30.5 Å². The zero-order valence-electron chi connectivity index (χ0n) is 10.5. The summed E-state index contributed by atoms with van der Waals surface area (Å²) in [6.07, 6.45) is 6.92. The predicted molar refractivity (Wildman–Crippen MR) is 72.3 cm³/mol. The Morgan fingerprint density at radius 1 is 1.35 bits per heavy atom. The number of aromatic nitrogens is 2. The molecule has 1 aliphatic carbocycles. The summed E-state index contributed by atoms with van der Waals surface area (Å²) in [6.45, 7) is 3.17. The van der Waals surface area contributed by atoms with Gasteiger partial charge in [-0.1, -0.05) is 6.92 Å². The molecule has 0 amide bonds. The summed E-state index contributed by atoms with van der Waals surface area (Å²) in [5.74, 6) is 1.74. The van der Waals surface area contributed by atoms with Crippen LogP contribution >= 0.6 is 11.5 Å². The van der Waals surface area contributed by atoms with Gasteiger partial charge < -0.3 is 11.1 Å². The van der Waals surface area contributed by atoms with Gasteiger partial charge in [0.2, 0.25) is 5.13 Å². The molecule has 1 fully saturated rings. The molecular weight excluding hydrogens is 232 g/mol. The molecule has 1 aromatic heterocycles. The first kappa shape index (κ1) is 12.8. The zero-order chi connectivity index (χ0) is 12.1. The lowest BCUT2D eigenvalue weighted by molar-refractivity contribution is 0.339. The maximum absolute atomic E-state index is 5.90. The summed E-state index contributed by atoms with van der Waals surface area (Å²) in [4.78, 5) is 4.47. The van der Waals surface area contributed by atoms with Crippen LogP contribution in [0.4, 0.5) is 5.13 Å². The van der Waals surface area contributed by atoms with E-state index in [9.17, 15) is 0 Å². The number of hydrogen-bond acceptors (Lipinski definition) is 5. The Bertz CT molecular complexity index is 331. The van der Waals surface area contributed by atoms with Gasteiger partial charge in [-0.25, -0.2) is 4.98 Å². The first-order valence-corrected chi connectivity index (χ1v) is 7.37. The highest BCUT2D eigenvalue weighted by Gasteiger charge is 2.18. The van der Waals surface area contributed by atoms with Crippen LogP contribution in [-0.2, 0) is 6.42 Å². The van der Waals surface area contributed by atoms with E-state index in [2.05, 4.69) is 21.6 Å². The standard InChI is InChI=1S/C12H22N4S/c1-2-3-11-15-12(17-16-11)14-8-9-4-6-10(13)7-5-9/h9-10H,2-8,13H2,1H3,(H,14,15,16). The fourth-order valence-corrected chi connectivity index (χ4v) is 2.89. The molecule has 0 atom stereocenters. The second-order valence-corrected chi connectivity index (χ2v) is 5.68. The van der Waals surface area contributed by atoms with E-state index in [0.717, 1.165) is 36.3 Å². The van der Waals surface area contributed by atoms with Gasteiger partial charge in [-0.15, -0.1) is 0 Å². The monoisotopic (exact) mass is 254 g/mol. The van der Waals surface area contributed by atoms with Crippen LogP contribution in [0.15, 0.2) is 0 Å². The molecule has 0 spiro atoms. The largest absolute Gasteiger partial charge is 0.360 e. The number of aryl methyl sites for hydroxylation is 1. The molecule has 0 bridgehead atoms. The third kappa shape index (κ3) is 3.92. The average Bonchev–Trinajstić information content (AvgIpc) is 2.77. The second kappa shape index (κ2) is 6.31. The van der Waals surface area contributed by atoms with Crippen molar-refractivity contribution in [3.63, 3.8) is 0 Å². The summed E-state index contributed by atoms with van der Waals surface area (Å²) in [6, 6.07) is 0.434. The lowest BCUT2D eigenvalue weighted by Gasteiger charge is -2.25. The first-order valence-electron chi connectivity index (χ1n) is 6.60. The van der Waals surface area contributed by atoms with Crippen LogP contribution in [0.5, 0.6) is 0 Å². The minimum atomic E-state index is 0.434. The van der Waals surface area contributed by atoms with E-state index < -0.39 is 0 Å². The van der Waals surface area contributed by atoms with Crippen molar-refractivity contribution >= 4 is 16.7 Å². The maximum Gasteiger partial charge on any atom is 0.202 e. The summed E-state index contributed by atoms with van der Waals surface area (Å²) in [7, 11) is 0. The molecule has 0 unspecified atom stereocenters. The highest BCUT2D eigenvalue weighted by atomic mass is 32.1. The predicted octanol–water partition coefficient (Wildman–Crippen LogP) is 2.42. The van der Waals surface area contributed by atoms with Gasteiger partial charge in [-0.05, 0) is 38.0 Å². The van der Waals surface area contributed by atoms with Crippen LogP contribution in [-0.4, -0.2) is 21.9 Å². The third-order valence-electron chi connectivity index (χ3n) is 3.38. The Hall–Kier alpha value is -0.680. The highest BCUT2D eigenvalue weighted by Crippen LogP contribution is 2.23. The maximum atomic E-state index is 5.90. The Morgan fingerprint density at radius 2 is 2.12 bits per heavy atom. The van der Waals surface area contributed by atoms with Crippen molar-refractivity contribution in [3.05, 3.63) is 5.82 Å². The molecule has 1 aliphatic rings. The number of hydrogen-bond donors (Lipinski definition) is 2. The van der Waals surface area contributed by atoms with Crippen molar-refractivity contribution < 1.29 is 0 Å². The smallest absolute Gasteiger partial charge is 0.202 e. The highest BCUT2D eigenvalue weighted by molar-refractivity contribution is 7.09. The van der Waals surface area contributed by atoms with Crippen LogP contribution in [0, 0.1) is 5.92 Å². The summed E-state index contributed by atoms with van der Waals surface area (Å²) in [5, 5.41) is 4.39. The summed E-state index contributed by atoms with van der Waals surface area (Å²) in [5.41, 5.74) is 5.90. The van der Waals surface area contributed by atoms with Crippen LogP contribution in [0.1, 0.15) is 44.9 Å². The van der Waals surface area contributed by atoms with E-state index >= 15 is 0 Å². The fourth-order valence-electron chi connectivity index (χ4n) is 2.27. The molecule has 4 nitrogen and oxygen atoms in total. The molecule has 0 radical (unpaired) electrons. The molecule has 5 heteroatoms. The normalized spacial score (nSPS) is 24.8. The van der Waals surface area contributed by atoms with E-state index in [4.69, 9.17) is 5.73 Å². The minimum absolute atomic E-state index is 0.434. The van der Waals surface area contributed by atoms with Crippen LogP contribution in [0.25, 0.3) is 0 Å². The van der Waals surface area contributed by atoms with E-state index in [1.54, 1.807) is 0 Å². The lowest BCUT2D eigenvalue weighted by Crippen LogP contribution is -2.29.